The molecule has 0 amide bonds. The minimum Gasteiger partial charge on any atom is -0.0622 e. The van der Waals surface area contributed by atoms with E-state index in [1.54, 1.807) is 0 Å². The molecule has 0 aliphatic heterocycles. The number of rotatable bonds is 3. The van der Waals surface area contributed by atoms with Crippen LogP contribution in [0.25, 0.3) is 44.2 Å². The van der Waals surface area contributed by atoms with Gasteiger partial charge in [-0.2, -0.15) is 0 Å². The highest BCUT2D eigenvalue weighted by molar-refractivity contribution is 6.05. The number of hydrogen-bond donors (Lipinski definition) is 0. The highest BCUT2D eigenvalue weighted by Crippen LogP contribution is 2.54. The predicted octanol–water partition coefficient (Wildman–Crippen LogP) is 9.33. The molecule has 6 aromatic carbocycles. The molecule has 35 heavy (non-hydrogen) atoms. The van der Waals surface area contributed by atoms with Crippen molar-refractivity contribution in [2.45, 2.75) is 5.92 Å². The SMILES string of the molecule is c1ccc(-c2cc(-c3ccccc3)c3c(c2)-c2c(ccc4ccccc24)C3c2ccccc2)cc1. The molecule has 1 unspecified atom stereocenters. The summed E-state index contributed by atoms with van der Waals surface area (Å²) in [6.45, 7) is 0. The standard InChI is InChI=1S/C35H24/c1-4-12-24(13-5-1)28-22-31(25-14-6-2-7-15-25)35-32(23-28)34-29-19-11-10-16-26(29)20-21-30(34)33(35)27-17-8-3-9-18-27/h1-23,33H. The minimum absolute atomic E-state index is 0.200. The summed E-state index contributed by atoms with van der Waals surface area (Å²) in [6, 6.07) is 50.9. The Hall–Kier alpha value is -4.42. The Balaban J connectivity index is 1.63. The summed E-state index contributed by atoms with van der Waals surface area (Å²) < 4.78 is 0. The zero-order valence-corrected chi connectivity index (χ0v) is 19.4. The van der Waals surface area contributed by atoms with Gasteiger partial charge in [0.2, 0.25) is 0 Å². The van der Waals surface area contributed by atoms with E-state index in [4.69, 9.17) is 0 Å². The Morgan fingerprint density at radius 1 is 0.429 bits per heavy atom. The second-order valence-corrected chi connectivity index (χ2v) is 9.31. The first-order valence-electron chi connectivity index (χ1n) is 12.2. The van der Waals surface area contributed by atoms with Gasteiger partial charge in [-0.15, -0.1) is 0 Å². The van der Waals surface area contributed by atoms with Crippen molar-refractivity contribution in [2.75, 3.05) is 0 Å². The molecule has 164 valence electrons. The van der Waals surface area contributed by atoms with Crippen LogP contribution in [-0.2, 0) is 0 Å². The van der Waals surface area contributed by atoms with Crippen LogP contribution in [0.4, 0.5) is 0 Å². The third kappa shape index (κ3) is 3.22. The number of fused-ring (bicyclic) bond motifs is 5. The predicted molar refractivity (Wildman–Crippen MR) is 148 cm³/mol. The van der Waals surface area contributed by atoms with E-state index in [1.807, 2.05) is 0 Å². The molecule has 0 spiro atoms. The Kier molecular flexibility index (Phi) is 4.63. The smallest absolute Gasteiger partial charge is 0.0358 e. The molecule has 0 saturated carbocycles. The maximum atomic E-state index is 2.42. The maximum Gasteiger partial charge on any atom is 0.0358 e. The van der Waals surface area contributed by atoms with Crippen LogP contribution in [0.15, 0.2) is 140 Å². The first-order chi connectivity index (χ1) is 17.4. The van der Waals surface area contributed by atoms with E-state index in [0.717, 1.165) is 0 Å². The zero-order valence-electron chi connectivity index (χ0n) is 19.4. The largest absolute Gasteiger partial charge is 0.0622 e. The van der Waals surface area contributed by atoms with E-state index in [0.29, 0.717) is 0 Å². The average Bonchev–Trinajstić information content (AvgIpc) is 3.29. The highest BCUT2D eigenvalue weighted by atomic mass is 14.4. The first-order valence-corrected chi connectivity index (χ1v) is 12.2. The molecule has 6 aromatic rings. The van der Waals surface area contributed by atoms with Crippen LogP contribution in [0.5, 0.6) is 0 Å². The molecule has 0 saturated heterocycles. The van der Waals surface area contributed by atoms with Gasteiger partial charge < -0.3 is 0 Å². The van der Waals surface area contributed by atoms with Crippen molar-refractivity contribution in [3.05, 3.63) is 156 Å². The van der Waals surface area contributed by atoms with Crippen LogP contribution in [0.1, 0.15) is 22.6 Å². The topological polar surface area (TPSA) is 0 Å². The van der Waals surface area contributed by atoms with Gasteiger partial charge in [-0.25, -0.2) is 0 Å². The normalized spacial score (nSPS) is 14.0. The molecule has 7 rings (SSSR count). The van der Waals surface area contributed by atoms with Crippen LogP contribution in [-0.4, -0.2) is 0 Å². The Bertz CT molecular complexity index is 1660. The molecule has 0 nitrogen and oxygen atoms in total. The van der Waals surface area contributed by atoms with Gasteiger partial charge >= 0.3 is 0 Å². The van der Waals surface area contributed by atoms with E-state index in [2.05, 4.69) is 140 Å². The molecule has 0 N–H and O–H groups in total. The summed E-state index contributed by atoms with van der Waals surface area (Å²) in [5.41, 5.74) is 12.0. The summed E-state index contributed by atoms with van der Waals surface area (Å²) in [4.78, 5) is 0. The van der Waals surface area contributed by atoms with E-state index in [9.17, 15) is 0 Å². The fourth-order valence-corrected chi connectivity index (χ4v) is 5.80. The average molecular weight is 445 g/mol. The van der Waals surface area contributed by atoms with Crippen LogP contribution in [0.3, 0.4) is 0 Å². The molecule has 1 aliphatic rings. The molecule has 0 heteroatoms. The summed E-state index contributed by atoms with van der Waals surface area (Å²) in [5.74, 6) is 0.200. The second kappa shape index (κ2) is 8.11. The molecule has 0 aromatic heterocycles. The summed E-state index contributed by atoms with van der Waals surface area (Å²) >= 11 is 0. The van der Waals surface area contributed by atoms with Crippen molar-refractivity contribution in [1.82, 2.24) is 0 Å². The molecule has 0 heterocycles. The molecular weight excluding hydrogens is 420 g/mol. The molecule has 0 fully saturated rings. The van der Waals surface area contributed by atoms with Gasteiger partial charge in [-0.05, 0) is 73.0 Å². The summed E-state index contributed by atoms with van der Waals surface area (Å²) in [5, 5.41) is 2.62. The Morgan fingerprint density at radius 3 is 1.77 bits per heavy atom. The number of hydrogen-bond acceptors (Lipinski definition) is 0. The zero-order chi connectivity index (χ0) is 23.2. The van der Waals surface area contributed by atoms with E-state index in [1.165, 1.54) is 60.8 Å². The molecule has 0 bridgehead atoms. The number of benzene rings is 6. The summed E-state index contributed by atoms with van der Waals surface area (Å²) in [6.07, 6.45) is 0. The third-order valence-corrected chi connectivity index (χ3v) is 7.34. The first kappa shape index (κ1) is 20.0. The summed E-state index contributed by atoms with van der Waals surface area (Å²) in [7, 11) is 0. The fourth-order valence-electron chi connectivity index (χ4n) is 5.80. The van der Waals surface area contributed by atoms with Gasteiger partial charge in [0.05, 0.1) is 0 Å². The Labute approximate surface area is 206 Å². The van der Waals surface area contributed by atoms with Gasteiger partial charge in [-0.1, -0.05) is 127 Å². The van der Waals surface area contributed by atoms with Gasteiger partial charge in [0.15, 0.2) is 0 Å². The fraction of sp³-hybridized carbons (Fsp3) is 0.0286. The van der Waals surface area contributed by atoms with Gasteiger partial charge in [0.25, 0.3) is 0 Å². The lowest BCUT2D eigenvalue weighted by molar-refractivity contribution is 1.02. The quantitative estimate of drug-likeness (QED) is 0.255. The Morgan fingerprint density at radius 2 is 1.03 bits per heavy atom. The molecule has 1 atom stereocenters. The monoisotopic (exact) mass is 444 g/mol. The minimum atomic E-state index is 0.200. The van der Waals surface area contributed by atoms with E-state index in [-0.39, 0.29) is 5.92 Å². The van der Waals surface area contributed by atoms with Crippen molar-refractivity contribution >= 4 is 10.8 Å². The van der Waals surface area contributed by atoms with Crippen molar-refractivity contribution in [2.24, 2.45) is 0 Å². The van der Waals surface area contributed by atoms with Crippen molar-refractivity contribution in [3.63, 3.8) is 0 Å². The van der Waals surface area contributed by atoms with E-state index >= 15 is 0 Å². The third-order valence-electron chi connectivity index (χ3n) is 7.34. The van der Waals surface area contributed by atoms with Crippen molar-refractivity contribution < 1.29 is 0 Å². The maximum absolute atomic E-state index is 2.42. The van der Waals surface area contributed by atoms with Crippen LogP contribution in [0.2, 0.25) is 0 Å². The van der Waals surface area contributed by atoms with Crippen LogP contribution >= 0.6 is 0 Å². The van der Waals surface area contributed by atoms with Crippen molar-refractivity contribution in [1.29, 1.82) is 0 Å². The van der Waals surface area contributed by atoms with Gasteiger partial charge in [0.1, 0.15) is 0 Å². The lowest BCUT2D eigenvalue weighted by atomic mass is 9.83. The highest BCUT2D eigenvalue weighted by Gasteiger charge is 2.34. The second-order valence-electron chi connectivity index (χ2n) is 9.31. The van der Waals surface area contributed by atoms with E-state index < -0.39 is 0 Å². The van der Waals surface area contributed by atoms with Gasteiger partial charge in [-0.3, -0.25) is 0 Å². The molecule has 1 aliphatic carbocycles. The van der Waals surface area contributed by atoms with Crippen LogP contribution in [0, 0.1) is 0 Å². The van der Waals surface area contributed by atoms with Crippen LogP contribution < -0.4 is 0 Å². The molecular formula is C35H24. The lowest BCUT2D eigenvalue weighted by Crippen LogP contribution is -2.01. The lowest BCUT2D eigenvalue weighted by Gasteiger charge is -2.19. The van der Waals surface area contributed by atoms with Crippen molar-refractivity contribution in [3.8, 4) is 33.4 Å². The van der Waals surface area contributed by atoms with Gasteiger partial charge in [0, 0.05) is 5.92 Å². The molecule has 0 radical (unpaired) electrons.